The molecule has 0 saturated carbocycles. The van der Waals surface area contributed by atoms with Gasteiger partial charge in [-0.15, -0.1) is 0 Å². The number of benzene rings is 1. The molecule has 1 fully saturated rings. The second-order valence-electron chi connectivity index (χ2n) is 8.70. The van der Waals surface area contributed by atoms with Crippen molar-refractivity contribution in [3.05, 3.63) is 52.9 Å². The van der Waals surface area contributed by atoms with Gasteiger partial charge in [-0.25, -0.2) is 15.0 Å². The normalized spacial score (nSPS) is 20.0. The summed E-state index contributed by atoms with van der Waals surface area (Å²) in [6.07, 6.45) is 11.2. The molecular formula is C26H29ClN4O. The van der Waals surface area contributed by atoms with Crippen LogP contribution < -0.4 is 9.64 Å². The van der Waals surface area contributed by atoms with Gasteiger partial charge in [-0.1, -0.05) is 49.7 Å². The van der Waals surface area contributed by atoms with E-state index in [2.05, 4.69) is 34.9 Å². The van der Waals surface area contributed by atoms with Crippen LogP contribution in [0.15, 0.2) is 41.7 Å². The fourth-order valence-electron chi connectivity index (χ4n) is 4.97. The molecule has 166 valence electrons. The molecule has 0 radical (unpaired) electrons. The van der Waals surface area contributed by atoms with E-state index in [4.69, 9.17) is 21.3 Å². The third-order valence-electron chi connectivity index (χ3n) is 6.79. The van der Waals surface area contributed by atoms with Gasteiger partial charge in [-0.05, 0) is 43.6 Å². The quantitative estimate of drug-likeness (QED) is 0.422. The number of fused-ring (bicyclic) bond motifs is 2. The lowest BCUT2D eigenvalue weighted by molar-refractivity contribution is 0.290. The van der Waals surface area contributed by atoms with Gasteiger partial charge in [0.2, 0.25) is 0 Å². The number of rotatable bonds is 6. The molecule has 5 nitrogen and oxygen atoms in total. The van der Waals surface area contributed by atoms with E-state index in [9.17, 15) is 0 Å². The van der Waals surface area contributed by atoms with Crippen LogP contribution in [-0.4, -0.2) is 35.4 Å². The van der Waals surface area contributed by atoms with E-state index in [-0.39, 0.29) is 0 Å². The van der Waals surface area contributed by atoms with Gasteiger partial charge in [0.25, 0.3) is 0 Å². The topological polar surface area (TPSA) is 50.6 Å². The number of halogens is 1. The zero-order chi connectivity index (χ0) is 22.1. The number of ether oxygens (including phenoxy) is 1. The lowest BCUT2D eigenvalue weighted by atomic mass is 9.92. The summed E-state index contributed by atoms with van der Waals surface area (Å²) in [7, 11) is 0. The average Bonchev–Trinajstić information content (AvgIpc) is 3.30. The molecule has 0 spiro atoms. The number of nitrogens with zero attached hydrogens (tertiary/aromatic N) is 4. The smallest absolute Gasteiger partial charge is 0.156 e. The lowest BCUT2D eigenvalue weighted by Gasteiger charge is -2.32. The minimum atomic E-state index is 0.312. The number of hydrogen-bond acceptors (Lipinski definition) is 5. The molecule has 1 saturated heterocycles. The first kappa shape index (κ1) is 21.2. The molecule has 4 heterocycles. The summed E-state index contributed by atoms with van der Waals surface area (Å²) in [5.41, 5.74) is 3.96. The molecule has 3 aromatic rings. The Bertz CT molecular complexity index is 1160. The molecule has 0 bridgehead atoms. The monoisotopic (exact) mass is 448 g/mol. The second kappa shape index (κ2) is 9.07. The zero-order valence-corrected chi connectivity index (χ0v) is 19.5. The van der Waals surface area contributed by atoms with Crippen molar-refractivity contribution in [1.29, 1.82) is 0 Å². The third kappa shape index (κ3) is 3.83. The summed E-state index contributed by atoms with van der Waals surface area (Å²) in [6, 6.07) is 8.33. The van der Waals surface area contributed by atoms with E-state index in [1.165, 1.54) is 16.8 Å². The maximum atomic E-state index is 6.36. The summed E-state index contributed by atoms with van der Waals surface area (Å²) in [5.74, 6) is 2.17. The molecule has 2 aliphatic heterocycles. The van der Waals surface area contributed by atoms with Crippen LogP contribution in [0.5, 0.6) is 5.75 Å². The number of pyridine rings is 2. The largest absolute Gasteiger partial charge is 0.489 e. The van der Waals surface area contributed by atoms with Crippen LogP contribution in [0.25, 0.3) is 10.8 Å². The van der Waals surface area contributed by atoms with E-state index in [0.717, 1.165) is 61.0 Å². The van der Waals surface area contributed by atoms with Crippen molar-refractivity contribution in [3.8, 4) is 5.75 Å². The number of aryl methyl sites for hydroxylation is 1. The molecule has 2 atom stereocenters. The van der Waals surface area contributed by atoms with Crippen LogP contribution in [0.1, 0.15) is 44.2 Å². The maximum Gasteiger partial charge on any atom is 0.156 e. The van der Waals surface area contributed by atoms with E-state index in [1.807, 2.05) is 30.5 Å². The van der Waals surface area contributed by atoms with Gasteiger partial charge in [0.15, 0.2) is 5.82 Å². The minimum absolute atomic E-state index is 0.312. The first-order chi connectivity index (χ1) is 15.7. The van der Waals surface area contributed by atoms with Crippen LogP contribution in [0.2, 0.25) is 5.15 Å². The fourth-order valence-corrected chi connectivity index (χ4v) is 5.18. The van der Waals surface area contributed by atoms with Crippen molar-refractivity contribution >= 4 is 40.1 Å². The van der Waals surface area contributed by atoms with Gasteiger partial charge in [0.05, 0.1) is 12.2 Å². The van der Waals surface area contributed by atoms with Crippen LogP contribution in [0, 0.1) is 5.92 Å². The van der Waals surface area contributed by atoms with Crippen molar-refractivity contribution in [1.82, 2.24) is 9.97 Å². The number of hydrogen-bond donors (Lipinski definition) is 0. The Labute approximate surface area is 194 Å². The highest BCUT2D eigenvalue weighted by molar-refractivity contribution is 6.34. The van der Waals surface area contributed by atoms with Crippen molar-refractivity contribution in [3.63, 3.8) is 0 Å². The second-order valence-corrected chi connectivity index (χ2v) is 9.06. The SMILES string of the molecule is CCc1cnc2c(c1N1CCCC1COc1cnc(Cl)c3ccccc13)CC(CC)C=N2. The Morgan fingerprint density at radius 1 is 1.12 bits per heavy atom. The Morgan fingerprint density at radius 2 is 1.97 bits per heavy atom. The summed E-state index contributed by atoms with van der Waals surface area (Å²) in [5, 5.41) is 2.44. The van der Waals surface area contributed by atoms with Crippen LogP contribution >= 0.6 is 11.6 Å². The first-order valence-corrected chi connectivity index (χ1v) is 12.0. The number of aliphatic imine (C=N–C) groups is 1. The number of anilines is 1. The van der Waals surface area contributed by atoms with E-state index in [1.54, 1.807) is 6.20 Å². The van der Waals surface area contributed by atoms with Crippen molar-refractivity contribution in [2.45, 2.75) is 52.0 Å². The first-order valence-electron chi connectivity index (χ1n) is 11.7. The molecule has 32 heavy (non-hydrogen) atoms. The zero-order valence-electron chi connectivity index (χ0n) is 18.7. The molecule has 1 aromatic carbocycles. The molecule has 2 aliphatic rings. The maximum absolute atomic E-state index is 6.36. The summed E-state index contributed by atoms with van der Waals surface area (Å²) in [6.45, 7) is 6.10. The molecule has 0 N–H and O–H groups in total. The standard InChI is InChI=1S/C26H29ClN4O/c1-3-17-12-22-24(18(4-2)14-30-26(22)29-13-17)31-11-7-8-19(31)16-32-23-15-28-25(27)21-10-6-5-9-20(21)23/h5-6,9-10,13-15,17,19H,3-4,7-8,11-12,16H2,1-2H3. The summed E-state index contributed by atoms with van der Waals surface area (Å²) >= 11 is 6.29. The molecule has 6 heteroatoms. The van der Waals surface area contributed by atoms with Crippen molar-refractivity contribution in [2.24, 2.45) is 10.9 Å². The number of aromatic nitrogens is 2. The third-order valence-corrected chi connectivity index (χ3v) is 7.09. The highest BCUT2D eigenvalue weighted by Crippen LogP contribution is 2.40. The van der Waals surface area contributed by atoms with Gasteiger partial charge in [0.1, 0.15) is 17.5 Å². The lowest BCUT2D eigenvalue weighted by Crippen LogP contribution is -2.36. The van der Waals surface area contributed by atoms with Crippen LogP contribution in [0.3, 0.4) is 0 Å². The minimum Gasteiger partial charge on any atom is -0.489 e. The highest BCUT2D eigenvalue weighted by atomic mass is 35.5. The van der Waals surface area contributed by atoms with Gasteiger partial charge < -0.3 is 9.64 Å². The average molecular weight is 449 g/mol. The van der Waals surface area contributed by atoms with E-state index >= 15 is 0 Å². The Hall–Kier alpha value is -2.66. The van der Waals surface area contributed by atoms with Gasteiger partial charge in [-0.3, -0.25) is 0 Å². The fraction of sp³-hybridized carbons (Fsp3) is 0.423. The molecule has 0 amide bonds. The van der Waals surface area contributed by atoms with Crippen LogP contribution in [0.4, 0.5) is 11.5 Å². The predicted molar refractivity (Wildman–Crippen MR) is 132 cm³/mol. The Morgan fingerprint density at radius 3 is 2.78 bits per heavy atom. The van der Waals surface area contributed by atoms with E-state index in [0.29, 0.717) is 23.7 Å². The Kier molecular flexibility index (Phi) is 6.01. The predicted octanol–water partition coefficient (Wildman–Crippen LogP) is 6.18. The molecule has 5 rings (SSSR count). The van der Waals surface area contributed by atoms with Crippen molar-refractivity contribution < 1.29 is 4.74 Å². The van der Waals surface area contributed by atoms with Gasteiger partial charge >= 0.3 is 0 Å². The van der Waals surface area contributed by atoms with Crippen molar-refractivity contribution in [2.75, 3.05) is 18.1 Å². The van der Waals surface area contributed by atoms with Gasteiger partial charge in [0, 0.05) is 41.0 Å². The van der Waals surface area contributed by atoms with E-state index < -0.39 is 0 Å². The highest BCUT2D eigenvalue weighted by Gasteiger charge is 2.31. The molecule has 0 aliphatic carbocycles. The van der Waals surface area contributed by atoms with Crippen LogP contribution in [-0.2, 0) is 12.8 Å². The summed E-state index contributed by atoms with van der Waals surface area (Å²) < 4.78 is 6.36. The molecule has 2 unspecified atom stereocenters. The van der Waals surface area contributed by atoms with Gasteiger partial charge in [-0.2, -0.15) is 0 Å². The summed E-state index contributed by atoms with van der Waals surface area (Å²) in [4.78, 5) is 16.3. The Balaban J connectivity index is 1.44. The molecular weight excluding hydrogens is 420 g/mol. The molecule has 2 aromatic heterocycles.